The summed E-state index contributed by atoms with van der Waals surface area (Å²) in [5.74, 6) is 2.17. The maximum absolute atomic E-state index is 13.1. The third kappa shape index (κ3) is 4.19. The lowest BCUT2D eigenvalue weighted by molar-refractivity contribution is 0.221. The summed E-state index contributed by atoms with van der Waals surface area (Å²) >= 11 is 0. The van der Waals surface area contributed by atoms with E-state index in [0.29, 0.717) is 31.1 Å². The number of urea groups is 1. The highest BCUT2D eigenvalue weighted by Gasteiger charge is 2.47. The Labute approximate surface area is 192 Å². The molecule has 3 heterocycles. The molecule has 33 heavy (non-hydrogen) atoms. The summed E-state index contributed by atoms with van der Waals surface area (Å²) in [5.41, 5.74) is 2.16. The van der Waals surface area contributed by atoms with Crippen molar-refractivity contribution in [2.75, 3.05) is 36.1 Å². The minimum absolute atomic E-state index is 0.169. The van der Waals surface area contributed by atoms with E-state index in [4.69, 9.17) is 9.73 Å². The van der Waals surface area contributed by atoms with E-state index < -0.39 is 5.54 Å². The quantitative estimate of drug-likeness (QED) is 0.563. The van der Waals surface area contributed by atoms with Crippen molar-refractivity contribution < 1.29 is 9.53 Å². The van der Waals surface area contributed by atoms with Gasteiger partial charge in [0.2, 0.25) is 0 Å². The average molecular weight is 443 g/mol. The third-order valence-electron chi connectivity index (χ3n) is 6.04. The van der Waals surface area contributed by atoms with Gasteiger partial charge in [0.05, 0.1) is 31.6 Å². The van der Waals surface area contributed by atoms with Crippen LogP contribution < -0.4 is 20.7 Å². The Balaban J connectivity index is 1.39. The van der Waals surface area contributed by atoms with Gasteiger partial charge in [0.15, 0.2) is 5.82 Å². The molecule has 3 N–H and O–H groups in total. The smallest absolute Gasteiger partial charge is 0.322 e. The number of para-hydroxylation sites is 2. The summed E-state index contributed by atoms with van der Waals surface area (Å²) in [4.78, 5) is 24.3. The van der Waals surface area contributed by atoms with Gasteiger partial charge in [0.25, 0.3) is 0 Å². The van der Waals surface area contributed by atoms with E-state index in [1.807, 2.05) is 54.6 Å². The summed E-state index contributed by atoms with van der Waals surface area (Å²) in [5, 5.41) is 10.0. The lowest BCUT2D eigenvalue weighted by Gasteiger charge is -2.38. The number of hydrogen-bond acceptors (Lipinski definition) is 5. The van der Waals surface area contributed by atoms with Crippen LogP contribution in [0, 0.1) is 0 Å². The second-order valence-electron chi connectivity index (χ2n) is 8.18. The third-order valence-corrected chi connectivity index (χ3v) is 6.04. The molecule has 0 aliphatic carbocycles. The standard InChI is InChI=1S/C25H26N6O2/c1-33-21-12-6-5-10-19(21)28-24(32)31-15-13-25(17-31)23(27-16-18-8-3-2-4-9-18)29-22-20(30-25)11-7-14-26-22/h2-12,14,30H,13,15-17H2,1H3,(H,28,32)(H,26,27,29)/t25-/m0/s1. The van der Waals surface area contributed by atoms with E-state index in [2.05, 4.69) is 33.1 Å². The molecule has 8 nitrogen and oxygen atoms in total. The maximum atomic E-state index is 13.1. The Kier molecular flexibility index (Phi) is 5.56. The summed E-state index contributed by atoms with van der Waals surface area (Å²) in [7, 11) is 1.59. The number of amides is 2. The normalized spacial score (nSPS) is 20.2. The molecule has 0 unspecified atom stereocenters. The van der Waals surface area contributed by atoms with Gasteiger partial charge in [-0.05, 0) is 36.2 Å². The molecule has 0 saturated carbocycles. The Morgan fingerprint density at radius 3 is 2.82 bits per heavy atom. The van der Waals surface area contributed by atoms with E-state index in [-0.39, 0.29) is 6.03 Å². The number of benzene rings is 2. The fourth-order valence-electron chi connectivity index (χ4n) is 4.32. The van der Waals surface area contributed by atoms with Crippen molar-refractivity contribution >= 4 is 29.1 Å². The van der Waals surface area contributed by atoms with Gasteiger partial charge in [0.1, 0.15) is 17.1 Å². The van der Waals surface area contributed by atoms with Crippen LogP contribution in [-0.4, -0.2) is 47.5 Å². The molecule has 3 aromatic rings. The van der Waals surface area contributed by atoms with Crippen molar-refractivity contribution in [3.63, 3.8) is 0 Å². The van der Waals surface area contributed by atoms with Crippen molar-refractivity contribution in [1.29, 1.82) is 0 Å². The van der Waals surface area contributed by atoms with E-state index >= 15 is 0 Å². The fraction of sp³-hybridized carbons (Fsp3) is 0.240. The van der Waals surface area contributed by atoms with Crippen molar-refractivity contribution in [1.82, 2.24) is 9.88 Å². The number of aromatic nitrogens is 1. The minimum Gasteiger partial charge on any atom is -0.495 e. The molecule has 1 saturated heterocycles. The van der Waals surface area contributed by atoms with Crippen molar-refractivity contribution in [3.8, 4) is 5.75 Å². The largest absolute Gasteiger partial charge is 0.495 e. The number of pyridine rings is 1. The first-order valence-electron chi connectivity index (χ1n) is 10.9. The maximum Gasteiger partial charge on any atom is 0.322 e. The van der Waals surface area contributed by atoms with Crippen LogP contribution in [0.5, 0.6) is 5.75 Å². The number of carbonyl (C=O) groups is 1. The van der Waals surface area contributed by atoms with E-state index in [9.17, 15) is 4.79 Å². The Morgan fingerprint density at radius 2 is 1.97 bits per heavy atom. The van der Waals surface area contributed by atoms with Gasteiger partial charge in [-0.3, -0.25) is 4.99 Å². The Morgan fingerprint density at radius 1 is 1.15 bits per heavy atom. The first kappa shape index (κ1) is 20.8. The fourth-order valence-corrected chi connectivity index (χ4v) is 4.32. The minimum atomic E-state index is -0.511. The highest BCUT2D eigenvalue weighted by Crippen LogP contribution is 2.36. The van der Waals surface area contributed by atoms with Crippen molar-refractivity contribution in [2.24, 2.45) is 4.99 Å². The topological polar surface area (TPSA) is 90.9 Å². The van der Waals surface area contributed by atoms with Crippen LogP contribution in [0.3, 0.4) is 0 Å². The molecular weight excluding hydrogens is 416 g/mol. The second-order valence-corrected chi connectivity index (χ2v) is 8.18. The molecule has 2 amide bonds. The zero-order valence-corrected chi connectivity index (χ0v) is 18.4. The number of likely N-dealkylation sites (tertiary alicyclic amines) is 1. The van der Waals surface area contributed by atoms with Gasteiger partial charge < -0.3 is 25.6 Å². The molecule has 2 aliphatic heterocycles. The number of ether oxygens (including phenoxy) is 1. The molecule has 2 aliphatic rings. The number of fused-ring (bicyclic) bond motifs is 1. The van der Waals surface area contributed by atoms with Crippen LogP contribution in [0.2, 0.25) is 0 Å². The predicted octanol–water partition coefficient (Wildman–Crippen LogP) is 4.20. The summed E-state index contributed by atoms with van der Waals surface area (Å²) in [6.07, 6.45) is 2.48. The van der Waals surface area contributed by atoms with E-state index in [1.165, 1.54) is 0 Å². The zero-order valence-electron chi connectivity index (χ0n) is 18.4. The summed E-state index contributed by atoms with van der Waals surface area (Å²) < 4.78 is 5.37. The highest BCUT2D eigenvalue weighted by molar-refractivity contribution is 6.09. The molecule has 1 spiro atoms. The number of nitrogens with zero attached hydrogens (tertiary/aromatic N) is 3. The predicted molar refractivity (Wildman–Crippen MR) is 130 cm³/mol. The number of aliphatic imine (C=N–C) groups is 1. The first-order chi connectivity index (χ1) is 16.2. The lowest BCUT2D eigenvalue weighted by Crippen LogP contribution is -2.55. The van der Waals surface area contributed by atoms with Crippen LogP contribution in [0.25, 0.3) is 0 Å². The molecule has 1 fully saturated rings. The van der Waals surface area contributed by atoms with Crippen LogP contribution in [0.1, 0.15) is 12.0 Å². The van der Waals surface area contributed by atoms with Crippen LogP contribution in [0.4, 0.5) is 22.0 Å². The number of nitrogens with one attached hydrogen (secondary N) is 3. The molecule has 2 aromatic carbocycles. The van der Waals surface area contributed by atoms with Crippen molar-refractivity contribution in [2.45, 2.75) is 18.5 Å². The SMILES string of the molecule is COc1ccccc1NC(=O)N1CC[C@@]2(C1)Nc1cccnc1NC2=NCc1ccccc1. The van der Waals surface area contributed by atoms with Gasteiger partial charge in [-0.25, -0.2) is 9.78 Å². The summed E-state index contributed by atoms with van der Waals surface area (Å²) in [6, 6.07) is 21.2. The number of rotatable bonds is 4. The van der Waals surface area contributed by atoms with E-state index in [0.717, 1.165) is 29.3 Å². The molecule has 1 aromatic heterocycles. The molecular formula is C25H26N6O2. The molecule has 1 atom stereocenters. The Hall–Kier alpha value is -4.07. The van der Waals surface area contributed by atoms with Gasteiger partial charge >= 0.3 is 6.03 Å². The summed E-state index contributed by atoms with van der Waals surface area (Å²) in [6.45, 7) is 1.61. The Bertz CT molecular complexity index is 1180. The van der Waals surface area contributed by atoms with E-state index in [1.54, 1.807) is 18.2 Å². The molecule has 0 bridgehead atoms. The lowest BCUT2D eigenvalue weighted by atomic mass is 9.93. The number of anilines is 3. The van der Waals surface area contributed by atoms with Gasteiger partial charge in [-0.2, -0.15) is 0 Å². The monoisotopic (exact) mass is 442 g/mol. The number of carbonyl (C=O) groups excluding carboxylic acids is 1. The second kappa shape index (κ2) is 8.82. The average Bonchev–Trinajstić information content (AvgIpc) is 3.28. The highest BCUT2D eigenvalue weighted by atomic mass is 16.5. The molecule has 0 radical (unpaired) electrons. The zero-order chi connectivity index (χ0) is 22.7. The van der Waals surface area contributed by atoms with Crippen LogP contribution in [-0.2, 0) is 6.54 Å². The van der Waals surface area contributed by atoms with Crippen molar-refractivity contribution in [3.05, 3.63) is 78.5 Å². The molecule has 8 heteroatoms. The number of amidine groups is 1. The number of methoxy groups -OCH3 is 1. The van der Waals surface area contributed by atoms with Gasteiger partial charge in [-0.15, -0.1) is 0 Å². The molecule has 168 valence electrons. The van der Waals surface area contributed by atoms with Gasteiger partial charge in [-0.1, -0.05) is 42.5 Å². The number of hydrogen-bond donors (Lipinski definition) is 3. The van der Waals surface area contributed by atoms with Crippen LogP contribution in [0.15, 0.2) is 77.9 Å². The van der Waals surface area contributed by atoms with Crippen LogP contribution >= 0.6 is 0 Å². The van der Waals surface area contributed by atoms with Gasteiger partial charge in [0, 0.05) is 12.7 Å². The first-order valence-corrected chi connectivity index (χ1v) is 10.9. The molecule has 5 rings (SSSR count).